The summed E-state index contributed by atoms with van der Waals surface area (Å²) in [7, 11) is 1.72. The lowest BCUT2D eigenvalue weighted by Gasteiger charge is -2.30. The molecule has 2 nitrogen and oxygen atoms in total. The molecule has 1 N–H and O–H groups in total. The fourth-order valence-electron chi connectivity index (χ4n) is 2.90. The molecular weight excluding hydrogens is 222 g/mol. The molecule has 0 amide bonds. The molecule has 2 unspecified atom stereocenters. The molecule has 0 radical (unpaired) electrons. The van der Waals surface area contributed by atoms with Crippen molar-refractivity contribution in [3.8, 4) is 5.75 Å². The molecule has 1 aromatic carbocycles. The number of nitrogens with one attached hydrogen (secondary N) is 1. The van der Waals surface area contributed by atoms with Crippen LogP contribution in [0.4, 0.5) is 5.69 Å². The Kier molecular flexibility index (Phi) is 4.51. The summed E-state index contributed by atoms with van der Waals surface area (Å²) in [5.41, 5.74) is 2.53. The maximum Gasteiger partial charge on any atom is 0.120 e. The summed E-state index contributed by atoms with van der Waals surface area (Å²) < 4.78 is 5.30. The summed E-state index contributed by atoms with van der Waals surface area (Å²) in [5.74, 6) is 1.84. The van der Waals surface area contributed by atoms with Gasteiger partial charge in [0.25, 0.3) is 0 Å². The van der Waals surface area contributed by atoms with Crippen LogP contribution >= 0.6 is 0 Å². The molecule has 0 aromatic heterocycles. The standard InChI is InChI=1S/C16H25NO/c1-4-13-6-5-7-14(10-13)17-16-11-15(18-3)9-8-12(16)2/h8-9,11,13-14,17H,4-7,10H2,1-3H3. The van der Waals surface area contributed by atoms with Gasteiger partial charge in [-0.3, -0.25) is 0 Å². The molecule has 1 aliphatic carbocycles. The minimum atomic E-state index is 0.634. The third-order valence-corrected chi connectivity index (χ3v) is 4.16. The summed E-state index contributed by atoms with van der Waals surface area (Å²) in [4.78, 5) is 0. The van der Waals surface area contributed by atoms with Gasteiger partial charge in [0.2, 0.25) is 0 Å². The van der Waals surface area contributed by atoms with Gasteiger partial charge in [0.1, 0.15) is 5.75 Å². The van der Waals surface area contributed by atoms with E-state index in [2.05, 4.69) is 31.3 Å². The first kappa shape index (κ1) is 13.3. The number of aryl methyl sites for hydroxylation is 1. The molecule has 100 valence electrons. The minimum Gasteiger partial charge on any atom is -0.497 e. The van der Waals surface area contributed by atoms with Crippen LogP contribution in [0.1, 0.15) is 44.6 Å². The molecule has 1 aromatic rings. The van der Waals surface area contributed by atoms with Crippen LogP contribution in [0.3, 0.4) is 0 Å². The Morgan fingerprint density at radius 1 is 1.33 bits per heavy atom. The number of rotatable bonds is 4. The Bertz CT molecular complexity index is 389. The second kappa shape index (κ2) is 6.12. The molecule has 1 saturated carbocycles. The van der Waals surface area contributed by atoms with Gasteiger partial charge < -0.3 is 10.1 Å². The van der Waals surface area contributed by atoms with Gasteiger partial charge in [0.15, 0.2) is 0 Å². The van der Waals surface area contributed by atoms with E-state index < -0.39 is 0 Å². The summed E-state index contributed by atoms with van der Waals surface area (Å²) in [6.07, 6.45) is 6.69. The molecule has 1 fully saturated rings. The summed E-state index contributed by atoms with van der Waals surface area (Å²) in [6.45, 7) is 4.46. The highest BCUT2D eigenvalue weighted by molar-refractivity contribution is 5.55. The van der Waals surface area contributed by atoms with Gasteiger partial charge in [0.05, 0.1) is 7.11 Å². The summed E-state index contributed by atoms with van der Waals surface area (Å²) in [5, 5.41) is 3.71. The number of ether oxygens (including phenoxy) is 1. The van der Waals surface area contributed by atoms with E-state index in [0.29, 0.717) is 6.04 Å². The molecule has 0 saturated heterocycles. The zero-order valence-corrected chi connectivity index (χ0v) is 11.8. The zero-order valence-electron chi connectivity index (χ0n) is 11.8. The van der Waals surface area contributed by atoms with Crippen LogP contribution in [0, 0.1) is 12.8 Å². The van der Waals surface area contributed by atoms with Crippen LogP contribution in [0.2, 0.25) is 0 Å². The van der Waals surface area contributed by atoms with Gasteiger partial charge in [-0.1, -0.05) is 32.3 Å². The van der Waals surface area contributed by atoms with Crippen molar-refractivity contribution >= 4 is 5.69 Å². The van der Waals surface area contributed by atoms with E-state index in [4.69, 9.17) is 4.74 Å². The maximum absolute atomic E-state index is 5.30. The Labute approximate surface area is 111 Å². The Morgan fingerprint density at radius 3 is 2.89 bits per heavy atom. The van der Waals surface area contributed by atoms with Crippen molar-refractivity contribution in [2.24, 2.45) is 5.92 Å². The van der Waals surface area contributed by atoms with Gasteiger partial charge >= 0.3 is 0 Å². The number of benzene rings is 1. The number of methoxy groups -OCH3 is 1. The zero-order chi connectivity index (χ0) is 13.0. The van der Waals surface area contributed by atoms with E-state index in [1.165, 1.54) is 43.4 Å². The van der Waals surface area contributed by atoms with Gasteiger partial charge in [-0.15, -0.1) is 0 Å². The second-order valence-electron chi connectivity index (χ2n) is 5.46. The lowest BCUT2D eigenvalue weighted by molar-refractivity contribution is 0.327. The SMILES string of the molecule is CCC1CCCC(Nc2cc(OC)ccc2C)C1. The first-order valence-electron chi connectivity index (χ1n) is 7.14. The van der Waals surface area contributed by atoms with Crippen LogP contribution in [-0.4, -0.2) is 13.2 Å². The summed E-state index contributed by atoms with van der Waals surface area (Å²) in [6, 6.07) is 6.90. The first-order valence-corrected chi connectivity index (χ1v) is 7.14. The van der Waals surface area contributed by atoms with Crippen LogP contribution in [0.5, 0.6) is 5.75 Å². The van der Waals surface area contributed by atoms with E-state index in [-0.39, 0.29) is 0 Å². The molecule has 1 aliphatic rings. The predicted molar refractivity (Wildman–Crippen MR) is 77.4 cm³/mol. The van der Waals surface area contributed by atoms with Crippen LogP contribution in [0.25, 0.3) is 0 Å². The van der Waals surface area contributed by atoms with Gasteiger partial charge in [-0.05, 0) is 37.3 Å². The van der Waals surface area contributed by atoms with Gasteiger partial charge in [-0.25, -0.2) is 0 Å². The highest BCUT2D eigenvalue weighted by atomic mass is 16.5. The molecule has 0 heterocycles. The van der Waals surface area contributed by atoms with E-state index >= 15 is 0 Å². The van der Waals surface area contributed by atoms with Gasteiger partial charge in [-0.2, -0.15) is 0 Å². The molecule has 0 aliphatic heterocycles. The van der Waals surface area contributed by atoms with Crippen molar-refractivity contribution in [2.45, 2.75) is 52.0 Å². The largest absolute Gasteiger partial charge is 0.497 e. The second-order valence-corrected chi connectivity index (χ2v) is 5.46. The van der Waals surface area contributed by atoms with Gasteiger partial charge in [0, 0.05) is 17.8 Å². The fraction of sp³-hybridized carbons (Fsp3) is 0.625. The lowest BCUT2D eigenvalue weighted by Crippen LogP contribution is -2.27. The van der Waals surface area contributed by atoms with E-state index in [0.717, 1.165) is 11.7 Å². The van der Waals surface area contributed by atoms with Crippen molar-refractivity contribution in [1.82, 2.24) is 0 Å². The lowest BCUT2D eigenvalue weighted by atomic mass is 9.84. The highest BCUT2D eigenvalue weighted by Gasteiger charge is 2.20. The average molecular weight is 247 g/mol. The van der Waals surface area contributed by atoms with Crippen LogP contribution in [-0.2, 0) is 0 Å². The molecule has 0 bridgehead atoms. The molecule has 2 heteroatoms. The molecule has 2 rings (SSSR count). The molecule has 2 atom stereocenters. The van der Waals surface area contributed by atoms with E-state index in [1.807, 2.05) is 6.07 Å². The van der Waals surface area contributed by atoms with Crippen molar-refractivity contribution in [3.63, 3.8) is 0 Å². The van der Waals surface area contributed by atoms with Crippen LogP contribution in [0.15, 0.2) is 18.2 Å². The highest BCUT2D eigenvalue weighted by Crippen LogP contribution is 2.30. The summed E-state index contributed by atoms with van der Waals surface area (Å²) >= 11 is 0. The Hall–Kier alpha value is -1.18. The van der Waals surface area contributed by atoms with Crippen molar-refractivity contribution in [3.05, 3.63) is 23.8 Å². The third kappa shape index (κ3) is 3.18. The van der Waals surface area contributed by atoms with Crippen molar-refractivity contribution in [2.75, 3.05) is 12.4 Å². The Balaban J connectivity index is 2.04. The van der Waals surface area contributed by atoms with Crippen LogP contribution < -0.4 is 10.1 Å². The Morgan fingerprint density at radius 2 is 2.17 bits per heavy atom. The fourth-order valence-corrected chi connectivity index (χ4v) is 2.90. The maximum atomic E-state index is 5.30. The predicted octanol–water partition coefficient (Wildman–Crippen LogP) is 4.38. The topological polar surface area (TPSA) is 21.3 Å². The molecule has 18 heavy (non-hydrogen) atoms. The van der Waals surface area contributed by atoms with Crippen molar-refractivity contribution in [1.29, 1.82) is 0 Å². The number of anilines is 1. The number of hydrogen-bond acceptors (Lipinski definition) is 2. The smallest absolute Gasteiger partial charge is 0.120 e. The molecular formula is C16H25NO. The molecule has 0 spiro atoms. The minimum absolute atomic E-state index is 0.634. The van der Waals surface area contributed by atoms with Crippen molar-refractivity contribution < 1.29 is 4.74 Å². The quantitative estimate of drug-likeness (QED) is 0.852. The third-order valence-electron chi connectivity index (χ3n) is 4.16. The monoisotopic (exact) mass is 247 g/mol. The van der Waals surface area contributed by atoms with E-state index in [9.17, 15) is 0 Å². The van der Waals surface area contributed by atoms with E-state index in [1.54, 1.807) is 7.11 Å². The average Bonchev–Trinajstić information content (AvgIpc) is 2.41. The normalized spacial score (nSPS) is 23.7. The number of hydrogen-bond donors (Lipinski definition) is 1. The first-order chi connectivity index (χ1) is 8.72.